The van der Waals surface area contributed by atoms with E-state index in [-0.39, 0.29) is 29.5 Å². The zero-order valence-corrected chi connectivity index (χ0v) is 19.5. The van der Waals surface area contributed by atoms with Crippen molar-refractivity contribution in [2.45, 2.75) is 38.7 Å². The van der Waals surface area contributed by atoms with Crippen LogP contribution in [-0.4, -0.2) is 34.5 Å². The topological polar surface area (TPSA) is 95.9 Å². The Kier molecular flexibility index (Phi) is 6.57. The van der Waals surface area contributed by atoms with Crippen LogP contribution in [0.2, 0.25) is 0 Å². The first kappa shape index (κ1) is 23.0. The summed E-state index contributed by atoms with van der Waals surface area (Å²) in [7, 11) is 1.43. The summed E-state index contributed by atoms with van der Waals surface area (Å²) < 4.78 is 6.15. The molecule has 0 saturated heterocycles. The summed E-state index contributed by atoms with van der Waals surface area (Å²) >= 11 is 3.40. The third-order valence-corrected chi connectivity index (χ3v) is 6.22. The number of hydrogen-bond acceptors (Lipinski definition) is 6. The maximum Gasteiger partial charge on any atom is 0.160 e. The average molecular weight is 488 g/mol. The molecule has 0 fully saturated rings. The van der Waals surface area contributed by atoms with Gasteiger partial charge in [0, 0.05) is 33.8 Å². The third kappa shape index (κ3) is 4.67. The molecule has 0 amide bonds. The molecular formula is C24H26BrNO5. The monoisotopic (exact) mass is 487 g/mol. The van der Waals surface area contributed by atoms with E-state index in [2.05, 4.69) is 21.2 Å². The molecule has 1 aliphatic rings. The number of benzene rings is 2. The minimum Gasteiger partial charge on any atom is -0.504 e. The van der Waals surface area contributed by atoms with E-state index in [0.717, 1.165) is 10.2 Å². The van der Waals surface area contributed by atoms with Gasteiger partial charge in [-0.1, -0.05) is 22.0 Å². The minimum absolute atomic E-state index is 0.0465. The van der Waals surface area contributed by atoms with Crippen molar-refractivity contribution in [3.05, 3.63) is 63.8 Å². The molecule has 3 N–H and O–H groups in total. The lowest BCUT2D eigenvalue weighted by molar-refractivity contribution is -0.131. The van der Waals surface area contributed by atoms with Gasteiger partial charge in [-0.25, -0.2) is 0 Å². The Bertz CT molecular complexity index is 1040. The van der Waals surface area contributed by atoms with E-state index >= 15 is 0 Å². The van der Waals surface area contributed by atoms with Crippen molar-refractivity contribution in [3.63, 3.8) is 0 Å². The van der Waals surface area contributed by atoms with Crippen molar-refractivity contribution in [3.8, 4) is 11.5 Å². The first-order chi connectivity index (χ1) is 14.5. The van der Waals surface area contributed by atoms with Crippen LogP contribution in [0.1, 0.15) is 38.7 Å². The van der Waals surface area contributed by atoms with Gasteiger partial charge in [0.15, 0.2) is 17.3 Å². The molecule has 0 bridgehead atoms. The SMILES string of the molecule is COc1cc([C@H]2C(C(C)=O)=C(Nc3ccc(Br)cc3)C[C@](C)(O)[C@@H]2C(C)=O)ccc1O. The molecule has 0 heterocycles. The van der Waals surface area contributed by atoms with Gasteiger partial charge in [0.1, 0.15) is 5.78 Å². The second-order valence-corrected chi connectivity index (χ2v) is 9.03. The number of carbonyl (C=O) groups is 2. The van der Waals surface area contributed by atoms with Gasteiger partial charge in [-0.05, 0) is 62.7 Å². The zero-order chi connectivity index (χ0) is 22.9. The van der Waals surface area contributed by atoms with Crippen molar-refractivity contribution in [2.75, 3.05) is 12.4 Å². The van der Waals surface area contributed by atoms with Gasteiger partial charge in [0.25, 0.3) is 0 Å². The van der Waals surface area contributed by atoms with Crippen molar-refractivity contribution in [1.29, 1.82) is 0 Å². The lowest BCUT2D eigenvalue weighted by atomic mass is 9.64. The number of nitrogens with one attached hydrogen (secondary N) is 1. The molecule has 0 radical (unpaired) electrons. The quantitative estimate of drug-likeness (QED) is 0.552. The molecule has 31 heavy (non-hydrogen) atoms. The van der Waals surface area contributed by atoms with Gasteiger partial charge in [-0.3, -0.25) is 9.59 Å². The summed E-state index contributed by atoms with van der Waals surface area (Å²) in [6.45, 7) is 4.50. The number of rotatable bonds is 6. The van der Waals surface area contributed by atoms with Crippen molar-refractivity contribution in [1.82, 2.24) is 0 Å². The Hall–Kier alpha value is -2.64. The molecule has 2 aromatic rings. The van der Waals surface area contributed by atoms with E-state index in [1.165, 1.54) is 27.0 Å². The van der Waals surface area contributed by atoms with Crippen molar-refractivity contribution >= 4 is 33.2 Å². The Morgan fingerprint density at radius 2 is 1.81 bits per heavy atom. The molecule has 1 aliphatic carbocycles. The van der Waals surface area contributed by atoms with Crippen LogP contribution in [0.15, 0.2) is 58.2 Å². The van der Waals surface area contributed by atoms with E-state index in [4.69, 9.17) is 4.74 Å². The highest BCUT2D eigenvalue weighted by Crippen LogP contribution is 2.48. The van der Waals surface area contributed by atoms with Crippen molar-refractivity contribution < 1.29 is 24.5 Å². The fourth-order valence-corrected chi connectivity index (χ4v) is 4.71. The number of methoxy groups -OCH3 is 1. The lowest BCUT2D eigenvalue weighted by Crippen LogP contribution is -2.48. The van der Waals surface area contributed by atoms with Crippen molar-refractivity contribution in [2.24, 2.45) is 5.92 Å². The number of aromatic hydroxyl groups is 1. The Morgan fingerprint density at radius 3 is 2.35 bits per heavy atom. The molecule has 0 unspecified atom stereocenters. The molecule has 3 rings (SSSR count). The molecule has 0 spiro atoms. The van der Waals surface area contributed by atoms with E-state index in [1.807, 2.05) is 24.3 Å². The summed E-state index contributed by atoms with van der Waals surface area (Å²) in [4.78, 5) is 25.5. The number of hydrogen-bond donors (Lipinski definition) is 3. The maximum atomic E-state index is 12.9. The lowest BCUT2D eigenvalue weighted by Gasteiger charge is -2.43. The first-order valence-corrected chi connectivity index (χ1v) is 10.7. The fourth-order valence-electron chi connectivity index (χ4n) is 4.45. The smallest absolute Gasteiger partial charge is 0.160 e. The number of ketones is 2. The van der Waals surface area contributed by atoms with Gasteiger partial charge in [-0.2, -0.15) is 0 Å². The molecule has 3 atom stereocenters. The first-order valence-electron chi connectivity index (χ1n) is 9.91. The Balaban J connectivity index is 2.23. The maximum absolute atomic E-state index is 12.9. The number of anilines is 1. The molecule has 164 valence electrons. The molecule has 7 heteroatoms. The van der Waals surface area contributed by atoms with E-state index in [1.54, 1.807) is 19.1 Å². The summed E-state index contributed by atoms with van der Waals surface area (Å²) in [5.74, 6) is -1.77. The van der Waals surface area contributed by atoms with Gasteiger partial charge >= 0.3 is 0 Å². The van der Waals surface area contributed by atoms with Gasteiger partial charge in [0.05, 0.1) is 18.6 Å². The highest BCUT2D eigenvalue weighted by Gasteiger charge is 2.49. The van der Waals surface area contributed by atoms with Crippen LogP contribution in [0.3, 0.4) is 0 Å². The van der Waals surface area contributed by atoms with Gasteiger partial charge < -0.3 is 20.3 Å². The normalized spacial score (nSPS) is 23.4. The predicted molar refractivity (Wildman–Crippen MR) is 122 cm³/mol. The highest BCUT2D eigenvalue weighted by molar-refractivity contribution is 9.10. The van der Waals surface area contributed by atoms with E-state index in [9.17, 15) is 19.8 Å². The third-order valence-electron chi connectivity index (χ3n) is 5.69. The number of allylic oxidation sites excluding steroid dienone is 1. The fraction of sp³-hybridized carbons (Fsp3) is 0.333. The number of Topliss-reactive ketones (excluding diaryl/α,β-unsaturated/α-hetero) is 2. The molecule has 2 aromatic carbocycles. The molecular weight excluding hydrogens is 462 g/mol. The Labute approximate surface area is 190 Å². The summed E-state index contributed by atoms with van der Waals surface area (Å²) in [5, 5.41) is 24.6. The molecule has 6 nitrogen and oxygen atoms in total. The van der Waals surface area contributed by atoms with Crippen LogP contribution in [0, 0.1) is 5.92 Å². The number of halogens is 1. The minimum atomic E-state index is -1.39. The number of carbonyl (C=O) groups excluding carboxylic acids is 2. The number of phenols is 1. The molecule has 0 saturated carbocycles. The van der Waals surface area contributed by atoms with Gasteiger partial charge in [-0.15, -0.1) is 0 Å². The van der Waals surface area contributed by atoms with E-state index in [0.29, 0.717) is 16.8 Å². The van der Waals surface area contributed by atoms with Gasteiger partial charge in [0.2, 0.25) is 0 Å². The van der Waals surface area contributed by atoms with Crippen LogP contribution in [-0.2, 0) is 9.59 Å². The Morgan fingerprint density at radius 1 is 1.16 bits per heavy atom. The van der Waals surface area contributed by atoms with Crippen LogP contribution in [0.5, 0.6) is 11.5 Å². The number of ether oxygens (including phenoxy) is 1. The highest BCUT2D eigenvalue weighted by atomic mass is 79.9. The van der Waals surface area contributed by atoms with Crippen LogP contribution in [0.4, 0.5) is 5.69 Å². The second kappa shape index (κ2) is 8.85. The predicted octanol–water partition coefficient (Wildman–Crippen LogP) is 4.56. The largest absolute Gasteiger partial charge is 0.504 e. The van der Waals surface area contributed by atoms with Crippen LogP contribution >= 0.6 is 15.9 Å². The van der Waals surface area contributed by atoms with Crippen LogP contribution < -0.4 is 10.1 Å². The summed E-state index contributed by atoms with van der Waals surface area (Å²) in [5.41, 5.74) is 0.973. The zero-order valence-electron chi connectivity index (χ0n) is 17.9. The number of phenolic OH excluding ortho intramolecular Hbond substituents is 1. The standard InChI is InChI=1S/C24H26BrNO5/c1-13(27)21-18(26-17-8-6-16(25)7-9-17)12-24(3,30)23(14(2)28)22(21)15-5-10-19(29)20(11-15)31-4/h5-11,22-23,26,29-30H,12H2,1-4H3/t22-,23+,24-/m0/s1. The average Bonchev–Trinajstić information content (AvgIpc) is 2.68. The summed E-state index contributed by atoms with van der Waals surface area (Å²) in [6, 6.07) is 12.2. The summed E-state index contributed by atoms with van der Waals surface area (Å²) in [6.07, 6.45) is 0.119. The molecule has 0 aromatic heterocycles. The van der Waals surface area contributed by atoms with Crippen LogP contribution in [0.25, 0.3) is 0 Å². The van der Waals surface area contributed by atoms with E-state index < -0.39 is 17.4 Å². The number of aliphatic hydroxyl groups is 1. The molecule has 0 aliphatic heterocycles. The second-order valence-electron chi connectivity index (χ2n) is 8.11.